The number of aromatic nitrogens is 1. The fourth-order valence-electron chi connectivity index (χ4n) is 2.76. The number of amides is 1. The molecule has 3 heterocycles. The standard InChI is InChI=1S/C15H22N4O3.2ClH/c20-13-10-16-4-3-12(13)18-14-2-1-11(9-17-14)15(21)19-5-7-22-8-6-19;;/h1-2,9,12-13,16,20H,3-8,10H2,(H,17,18);2*1H/t12-,13-;;/m1../s1. The van der Waals surface area contributed by atoms with Crippen molar-refractivity contribution in [1.29, 1.82) is 0 Å². The predicted octanol–water partition coefficient (Wildman–Crippen LogP) is 0.532. The van der Waals surface area contributed by atoms with Gasteiger partial charge in [-0.3, -0.25) is 4.79 Å². The third-order valence-corrected chi connectivity index (χ3v) is 4.09. The van der Waals surface area contributed by atoms with E-state index >= 15 is 0 Å². The van der Waals surface area contributed by atoms with Gasteiger partial charge >= 0.3 is 0 Å². The number of morpholine rings is 1. The number of piperidine rings is 1. The highest BCUT2D eigenvalue weighted by Crippen LogP contribution is 2.13. The molecule has 0 spiro atoms. The van der Waals surface area contributed by atoms with E-state index in [1.54, 1.807) is 23.2 Å². The predicted molar refractivity (Wildman–Crippen MR) is 96.4 cm³/mol. The third-order valence-electron chi connectivity index (χ3n) is 4.09. The lowest BCUT2D eigenvalue weighted by Gasteiger charge is -2.29. The number of carbonyl (C=O) groups is 1. The Kier molecular flexibility index (Phi) is 8.72. The fraction of sp³-hybridized carbons (Fsp3) is 0.600. The van der Waals surface area contributed by atoms with Gasteiger partial charge in [0.25, 0.3) is 5.91 Å². The average molecular weight is 379 g/mol. The summed E-state index contributed by atoms with van der Waals surface area (Å²) in [5.41, 5.74) is 0.582. The number of rotatable bonds is 3. The van der Waals surface area contributed by atoms with Gasteiger partial charge in [0, 0.05) is 25.8 Å². The number of aliphatic hydroxyl groups excluding tert-OH is 1. The van der Waals surface area contributed by atoms with Crippen molar-refractivity contribution in [3.05, 3.63) is 23.9 Å². The van der Waals surface area contributed by atoms with E-state index in [4.69, 9.17) is 4.74 Å². The first-order valence-corrected chi connectivity index (χ1v) is 7.72. The molecule has 0 aliphatic carbocycles. The van der Waals surface area contributed by atoms with Crippen molar-refractivity contribution in [3.63, 3.8) is 0 Å². The number of carbonyl (C=O) groups excluding carboxylic acids is 1. The summed E-state index contributed by atoms with van der Waals surface area (Å²) in [6.45, 7) is 3.90. The summed E-state index contributed by atoms with van der Waals surface area (Å²) in [7, 11) is 0. The van der Waals surface area contributed by atoms with Gasteiger partial charge in [-0.2, -0.15) is 0 Å². The van der Waals surface area contributed by atoms with Crippen molar-refractivity contribution in [2.75, 3.05) is 44.7 Å². The van der Waals surface area contributed by atoms with Crippen molar-refractivity contribution in [3.8, 4) is 0 Å². The fourth-order valence-corrected chi connectivity index (χ4v) is 2.76. The molecule has 0 unspecified atom stereocenters. The highest BCUT2D eigenvalue weighted by Gasteiger charge is 2.23. The second-order valence-electron chi connectivity index (χ2n) is 5.65. The molecule has 2 aliphatic rings. The number of hydrogen-bond acceptors (Lipinski definition) is 6. The topological polar surface area (TPSA) is 86.7 Å². The molecule has 2 saturated heterocycles. The number of aliphatic hydroxyl groups is 1. The zero-order chi connectivity index (χ0) is 15.4. The molecule has 0 aromatic carbocycles. The second kappa shape index (κ2) is 10.0. The van der Waals surface area contributed by atoms with E-state index in [9.17, 15) is 9.90 Å². The summed E-state index contributed by atoms with van der Waals surface area (Å²) in [5.74, 6) is 0.675. The molecule has 9 heteroatoms. The first kappa shape index (κ1) is 20.9. The Labute approximate surface area is 154 Å². The van der Waals surface area contributed by atoms with Gasteiger partial charge in [0.05, 0.1) is 30.9 Å². The van der Waals surface area contributed by atoms with Crippen LogP contribution in [0.3, 0.4) is 0 Å². The second-order valence-corrected chi connectivity index (χ2v) is 5.65. The number of nitrogens with zero attached hydrogens (tertiary/aromatic N) is 2. The molecule has 2 aliphatic heterocycles. The number of halogens is 2. The van der Waals surface area contributed by atoms with E-state index in [1.807, 2.05) is 0 Å². The average Bonchev–Trinajstić information content (AvgIpc) is 2.58. The molecule has 3 N–H and O–H groups in total. The third kappa shape index (κ3) is 5.19. The van der Waals surface area contributed by atoms with Crippen LogP contribution < -0.4 is 10.6 Å². The van der Waals surface area contributed by atoms with Crippen molar-refractivity contribution in [2.24, 2.45) is 0 Å². The minimum Gasteiger partial charge on any atom is -0.390 e. The summed E-state index contributed by atoms with van der Waals surface area (Å²) >= 11 is 0. The van der Waals surface area contributed by atoms with Crippen LogP contribution in [-0.4, -0.2) is 72.4 Å². The number of hydrogen-bond donors (Lipinski definition) is 3. The first-order valence-electron chi connectivity index (χ1n) is 7.72. The molecular formula is C15H24Cl2N4O3. The van der Waals surface area contributed by atoms with E-state index in [0.717, 1.165) is 13.0 Å². The zero-order valence-electron chi connectivity index (χ0n) is 13.3. The van der Waals surface area contributed by atoms with E-state index in [2.05, 4.69) is 15.6 Å². The van der Waals surface area contributed by atoms with Crippen molar-refractivity contribution >= 4 is 36.5 Å². The molecule has 1 amide bonds. The molecule has 2 atom stereocenters. The Morgan fingerprint density at radius 3 is 2.71 bits per heavy atom. The molecular weight excluding hydrogens is 355 g/mol. The smallest absolute Gasteiger partial charge is 0.255 e. The summed E-state index contributed by atoms with van der Waals surface area (Å²) in [6.07, 6.45) is 2.01. The van der Waals surface area contributed by atoms with Crippen LogP contribution in [0.1, 0.15) is 16.8 Å². The Morgan fingerprint density at radius 2 is 2.08 bits per heavy atom. The van der Waals surface area contributed by atoms with Gasteiger partial charge in [-0.1, -0.05) is 0 Å². The minimum absolute atomic E-state index is 0. The lowest BCUT2D eigenvalue weighted by atomic mass is 10.0. The quantitative estimate of drug-likeness (QED) is 0.711. The highest BCUT2D eigenvalue weighted by molar-refractivity contribution is 5.94. The van der Waals surface area contributed by atoms with E-state index in [-0.39, 0.29) is 36.8 Å². The molecule has 3 rings (SSSR count). The normalized spacial score (nSPS) is 23.6. The number of ether oxygens (including phenoxy) is 1. The maximum Gasteiger partial charge on any atom is 0.255 e. The molecule has 1 aromatic heterocycles. The molecule has 0 radical (unpaired) electrons. The maximum absolute atomic E-state index is 12.3. The Morgan fingerprint density at radius 1 is 1.33 bits per heavy atom. The zero-order valence-corrected chi connectivity index (χ0v) is 14.9. The minimum atomic E-state index is -0.426. The highest BCUT2D eigenvalue weighted by atomic mass is 35.5. The van der Waals surface area contributed by atoms with E-state index in [0.29, 0.717) is 44.2 Å². The lowest BCUT2D eigenvalue weighted by molar-refractivity contribution is 0.0302. The van der Waals surface area contributed by atoms with Crippen LogP contribution in [0, 0.1) is 0 Å². The van der Waals surface area contributed by atoms with Gasteiger partial charge in [-0.15, -0.1) is 24.8 Å². The van der Waals surface area contributed by atoms with Crippen LogP contribution >= 0.6 is 24.8 Å². The van der Waals surface area contributed by atoms with Gasteiger partial charge in [0.2, 0.25) is 0 Å². The number of pyridine rings is 1. The van der Waals surface area contributed by atoms with Crippen molar-refractivity contribution in [1.82, 2.24) is 15.2 Å². The number of anilines is 1. The SMILES string of the molecule is Cl.Cl.O=C(c1ccc(N[C@@H]2CCNC[C@H]2O)nc1)N1CCOCC1. The van der Waals surface area contributed by atoms with Gasteiger partial charge in [-0.05, 0) is 25.1 Å². The van der Waals surface area contributed by atoms with Crippen LogP contribution in [-0.2, 0) is 4.74 Å². The van der Waals surface area contributed by atoms with Gasteiger partial charge in [0.15, 0.2) is 0 Å². The Balaban J connectivity index is 0.00000144. The maximum atomic E-state index is 12.3. The summed E-state index contributed by atoms with van der Waals surface area (Å²) < 4.78 is 5.25. The molecule has 1 aromatic rings. The summed E-state index contributed by atoms with van der Waals surface area (Å²) in [4.78, 5) is 18.4. The van der Waals surface area contributed by atoms with Gasteiger partial charge < -0.3 is 25.4 Å². The monoisotopic (exact) mass is 378 g/mol. The Hall–Kier alpha value is -1.12. The van der Waals surface area contributed by atoms with Gasteiger partial charge in [-0.25, -0.2) is 4.98 Å². The molecule has 24 heavy (non-hydrogen) atoms. The van der Waals surface area contributed by atoms with Gasteiger partial charge in [0.1, 0.15) is 5.82 Å². The van der Waals surface area contributed by atoms with Crippen LogP contribution in [0.4, 0.5) is 5.82 Å². The summed E-state index contributed by atoms with van der Waals surface area (Å²) in [6, 6.07) is 3.57. The van der Waals surface area contributed by atoms with Crippen molar-refractivity contribution < 1.29 is 14.6 Å². The van der Waals surface area contributed by atoms with E-state index in [1.165, 1.54) is 0 Å². The molecule has 7 nitrogen and oxygen atoms in total. The molecule has 0 saturated carbocycles. The number of nitrogens with one attached hydrogen (secondary N) is 2. The van der Waals surface area contributed by atoms with Crippen LogP contribution in [0.25, 0.3) is 0 Å². The van der Waals surface area contributed by atoms with Crippen LogP contribution in [0.15, 0.2) is 18.3 Å². The Bertz CT molecular complexity index is 512. The van der Waals surface area contributed by atoms with E-state index < -0.39 is 6.10 Å². The number of β-amino-alcohol motifs (C(OH)–C–C–N with tert-alkyl or cyclic N) is 1. The largest absolute Gasteiger partial charge is 0.390 e. The molecule has 136 valence electrons. The molecule has 2 fully saturated rings. The van der Waals surface area contributed by atoms with Crippen LogP contribution in [0.5, 0.6) is 0 Å². The molecule has 0 bridgehead atoms. The first-order chi connectivity index (χ1) is 10.7. The lowest BCUT2D eigenvalue weighted by Crippen LogP contribution is -2.47. The summed E-state index contributed by atoms with van der Waals surface area (Å²) in [5, 5.41) is 16.3. The van der Waals surface area contributed by atoms with Crippen molar-refractivity contribution in [2.45, 2.75) is 18.6 Å². The van der Waals surface area contributed by atoms with Crippen LogP contribution in [0.2, 0.25) is 0 Å².